The average molecular weight is 261 g/mol. The van der Waals surface area contributed by atoms with Gasteiger partial charge in [-0.1, -0.05) is 0 Å². The predicted molar refractivity (Wildman–Crippen MR) is 55.8 cm³/mol. The van der Waals surface area contributed by atoms with E-state index in [9.17, 15) is 18.0 Å². The summed E-state index contributed by atoms with van der Waals surface area (Å²) in [5.74, 6) is -1.07. The molecule has 1 aromatic carbocycles. The molecule has 1 aliphatic heterocycles. The van der Waals surface area contributed by atoms with Crippen LogP contribution >= 0.6 is 0 Å². The van der Waals surface area contributed by atoms with E-state index in [1.54, 1.807) is 0 Å². The van der Waals surface area contributed by atoms with Crippen LogP contribution in [0.25, 0.3) is 0 Å². The van der Waals surface area contributed by atoms with Gasteiger partial charge in [-0.3, -0.25) is 0 Å². The number of hydrogen-bond acceptors (Lipinski definition) is 4. The van der Waals surface area contributed by atoms with Gasteiger partial charge in [0.25, 0.3) is 0 Å². The average Bonchev–Trinajstić information content (AvgIpc) is 2.66. The largest absolute Gasteiger partial charge is 0.478 e. The van der Waals surface area contributed by atoms with Gasteiger partial charge < -0.3 is 15.2 Å². The Labute approximate surface area is 100 Å². The number of ether oxygens (including phenoxy) is 2. The molecule has 1 atom stereocenters. The highest BCUT2D eigenvalue weighted by atomic mass is 19.4. The molecule has 0 aliphatic carbocycles. The van der Waals surface area contributed by atoms with Crippen molar-refractivity contribution in [3.05, 3.63) is 23.8 Å². The van der Waals surface area contributed by atoms with Crippen LogP contribution in [0.4, 0.5) is 18.9 Å². The van der Waals surface area contributed by atoms with Gasteiger partial charge in [-0.05, 0) is 18.2 Å². The van der Waals surface area contributed by atoms with Crippen LogP contribution in [-0.2, 0) is 15.7 Å². The van der Waals surface area contributed by atoms with Crippen LogP contribution in [0.2, 0.25) is 0 Å². The van der Waals surface area contributed by atoms with Crippen LogP contribution in [0, 0.1) is 0 Å². The Morgan fingerprint density at radius 1 is 1.39 bits per heavy atom. The van der Waals surface area contributed by atoms with Crippen molar-refractivity contribution in [3.63, 3.8) is 0 Å². The second kappa shape index (κ2) is 4.40. The van der Waals surface area contributed by atoms with E-state index in [1.165, 1.54) is 6.07 Å². The molecule has 0 spiro atoms. The van der Waals surface area contributed by atoms with Crippen molar-refractivity contribution in [2.45, 2.75) is 18.7 Å². The van der Waals surface area contributed by atoms with Crippen molar-refractivity contribution in [1.29, 1.82) is 0 Å². The van der Waals surface area contributed by atoms with E-state index in [1.807, 2.05) is 0 Å². The van der Waals surface area contributed by atoms with Gasteiger partial charge in [0.1, 0.15) is 5.75 Å². The van der Waals surface area contributed by atoms with Gasteiger partial charge in [0.2, 0.25) is 0 Å². The molecule has 0 aromatic heterocycles. The second-order valence-corrected chi connectivity index (χ2v) is 3.82. The molecular formula is C11H10F3NO3. The maximum Gasteiger partial charge on any atom is 0.420 e. The molecule has 2 N–H and O–H groups in total. The summed E-state index contributed by atoms with van der Waals surface area (Å²) in [4.78, 5) is 11.2. The molecule has 0 saturated carbocycles. The quantitative estimate of drug-likeness (QED) is 0.653. The highest BCUT2D eigenvalue weighted by Crippen LogP contribution is 2.38. The van der Waals surface area contributed by atoms with Crippen LogP contribution < -0.4 is 10.5 Å². The minimum Gasteiger partial charge on any atom is -0.478 e. The van der Waals surface area contributed by atoms with E-state index in [2.05, 4.69) is 4.74 Å². The Balaban J connectivity index is 2.29. The Hall–Kier alpha value is -1.92. The predicted octanol–water partition coefficient (Wildman–Crippen LogP) is 1.98. The van der Waals surface area contributed by atoms with Gasteiger partial charge in [0.15, 0.2) is 6.10 Å². The molecule has 1 aromatic rings. The fourth-order valence-corrected chi connectivity index (χ4v) is 1.61. The van der Waals surface area contributed by atoms with Gasteiger partial charge in [-0.25, -0.2) is 4.79 Å². The van der Waals surface area contributed by atoms with E-state index < -0.39 is 29.6 Å². The summed E-state index contributed by atoms with van der Waals surface area (Å²) in [7, 11) is 0. The van der Waals surface area contributed by atoms with Crippen LogP contribution in [0.15, 0.2) is 18.2 Å². The van der Waals surface area contributed by atoms with Crippen molar-refractivity contribution < 1.29 is 27.4 Å². The summed E-state index contributed by atoms with van der Waals surface area (Å²) in [6.45, 7) is 0.153. The first kappa shape index (κ1) is 12.5. The van der Waals surface area contributed by atoms with Crippen molar-refractivity contribution in [3.8, 4) is 5.75 Å². The number of nitrogens with two attached hydrogens (primary N) is 1. The van der Waals surface area contributed by atoms with Gasteiger partial charge in [0, 0.05) is 12.1 Å². The van der Waals surface area contributed by atoms with Crippen LogP contribution in [0.5, 0.6) is 5.75 Å². The maximum absolute atomic E-state index is 12.7. The molecule has 1 unspecified atom stereocenters. The molecule has 0 bridgehead atoms. The summed E-state index contributed by atoms with van der Waals surface area (Å²) in [6, 6.07) is 3.16. The highest BCUT2D eigenvalue weighted by molar-refractivity contribution is 5.76. The Kier molecular flexibility index (Phi) is 3.06. The number of halogens is 3. The van der Waals surface area contributed by atoms with Gasteiger partial charge in [-0.15, -0.1) is 0 Å². The van der Waals surface area contributed by atoms with Gasteiger partial charge >= 0.3 is 12.1 Å². The van der Waals surface area contributed by atoms with Crippen molar-refractivity contribution in [2.75, 3.05) is 12.3 Å². The fourth-order valence-electron chi connectivity index (χ4n) is 1.61. The van der Waals surface area contributed by atoms with E-state index >= 15 is 0 Å². The molecule has 1 heterocycles. The number of carbonyl (C=O) groups is 1. The number of cyclic esters (lactones) is 1. The lowest BCUT2D eigenvalue weighted by Crippen LogP contribution is -2.23. The zero-order valence-corrected chi connectivity index (χ0v) is 9.16. The number of esters is 1. The van der Waals surface area contributed by atoms with Gasteiger partial charge in [0.05, 0.1) is 12.2 Å². The molecule has 2 rings (SSSR count). The number of nitrogen functional groups attached to an aromatic ring is 1. The van der Waals surface area contributed by atoms with Crippen LogP contribution in [0.3, 0.4) is 0 Å². The third-order valence-electron chi connectivity index (χ3n) is 2.47. The summed E-state index contributed by atoms with van der Waals surface area (Å²) in [5, 5.41) is 0. The van der Waals surface area contributed by atoms with Crippen molar-refractivity contribution in [1.82, 2.24) is 0 Å². The summed E-state index contributed by atoms with van der Waals surface area (Å²) in [5.41, 5.74) is 4.29. The molecule has 7 heteroatoms. The highest BCUT2D eigenvalue weighted by Gasteiger charge is 2.37. The monoisotopic (exact) mass is 261 g/mol. The molecule has 4 nitrogen and oxygen atoms in total. The lowest BCUT2D eigenvalue weighted by molar-refractivity contribution is -0.146. The summed E-state index contributed by atoms with van der Waals surface area (Å²) >= 11 is 0. The first-order chi connectivity index (χ1) is 8.38. The topological polar surface area (TPSA) is 61.6 Å². The summed E-state index contributed by atoms with van der Waals surface area (Å²) in [6.07, 6.45) is -5.34. The Morgan fingerprint density at radius 3 is 2.67 bits per heavy atom. The second-order valence-electron chi connectivity index (χ2n) is 3.82. The zero-order chi connectivity index (χ0) is 13.3. The van der Waals surface area contributed by atoms with Crippen molar-refractivity contribution in [2.24, 2.45) is 0 Å². The van der Waals surface area contributed by atoms with E-state index in [0.717, 1.165) is 12.1 Å². The minimum atomic E-state index is -4.59. The molecule has 0 amide bonds. The molecule has 18 heavy (non-hydrogen) atoms. The van der Waals surface area contributed by atoms with Crippen LogP contribution in [-0.4, -0.2) is 18.7 Å². The molecule has 1 aliphatic rings. The lowest BCUT2D eigenvalue weighted by Gasteiger charge is -2.16. The molecule has 0 radical (unpaired) electrons. The molecule has 98 valence electrons. The first-order valence-corrected chi connectivity index (χ1v) is 5.18. The van der Waals surface area contributed by atoms with Crippen LogP contribution in [0.1, 0.15) is 12.0 Å². The Bertz CT molecular complexity index is 473. The van der Waals surface area contributed by atoms with E-state index in [-0.39, 0.29) is 18.7 Å². The van der Waals surface area contributed by atoms with Crippen molar-refractivity contribution >= 4 is 11.7 Å². The summed E-state index contributed by atoms with van der Waals surface area (Å²) < 4.78 is 47.9. The fraction of sp³-hybridized carbons (Fsp3) is 0.364. The smallest absolute Gasteiger partial charge is 0.420 e. The first-order valence-electron chi connectivity index (χ1n) is 5.18. The Morgan fingerprint density at radius 2 is 2.11 bits per heavy atom. The number of anilines is 1. The number of rotatable bonds is 2. The molecular weight excluding hydrogens is 251 g/mol. The minimum absolute atomic E-state index is 0.0244. The third kappa shape index (κ3) is 2.49. The number of carbonyl (C=O) groups excluding carboxylic acids is 1. The number of benzene rings is 1. The third-order valence-corrected chi connectivity index (χ3v) is 2.47. The van der Waals surface area contributed by atoms with Gasteiger partial charge in [-0.2, -0.15) is 13.2 Å². The zero-order valence-electron chi connectivity index (χ0n) is 9.16. The normalized spacial score (nSPS) is 19.7. The standard InChI is InChI=1S/C11H10F3NO3/c12-11(13,14)7-5-6(15)1-2-8(7)18-9-3-4-17-10(9)16/h1-2,5,9H,3-4,15H2. The lowest BCUT2D eigenvalue weighted by atomic mass is 10.1. The number of hydrogen-bond donors (Lipinski definition) is 1. The maximum atomic E-state index is 12.7. The SMILES string of the molecule is Nc1ccc(OC2CCOC2=O)c(C(F)(F)F)c1. The molecule has 1 saturated heterocycles. The number of alkyl halides is 3. The van der Waals surface area contributed by atoms with E-state index in [0.29, 0.717) is 0 Å². The van der Waals surface area contributed by atoms with E-state index in [4.69, 9.17) is 10.5 Å². The molecule has 1 fully saturated rings.